The molecule has 92 valence electrons. The van der Waals surface area contributed by atoms with Gasteiger partial charge >= 0.3 is 0 Å². The van der Waals surface area contributed by atoms with Crippen molar-refractivity contribution in [2.75, 3.05) is 13.2 Å². The first-order valence-corrected chi connectivity index (χ1v) is 6.41. The van der Waals surface area contributed by atoms with Crippen LogP contribution >= 0.6 is 0 Å². The zero-order valence-corrected chi connectivity index (χ0v) is 9.78. The third-order valence-electron chi connectivity index (χ3n) is 3.68. The molecule has 0 aromatic carbocycles. The maximum atomic E-state index is 12.0. The predicted molar refractivity (Wildman–Crippen MR) is 61.9 cm³/mol. The second kappa shape index (κ2) is 5.64. The molecule has 1 saturated carbocycles. The average molecular weight is 226 g/mol. The van der Waals surface area contributed by atoms with Crippen molar-refractivity contribution in [2.45, 2.75) is 50.6 Å². The highest BCUT2D eigenvalue weighted by Crippen LogP contribution is 2.19. The summed E-state index contributed by atoms with van der Waals surface area (Å²) in [5, 5.41) is 3.09. The maximum Gasteiger partial charge on any atom is 0.225 e. The van der Waals surface area contributed by atoms with E-state index in [9.17, 15) is 4.79 Å². The Morgan fingerprint density at radius 1 is 1.19 bits per heavy atom. The molecule has 3 atom stereocenters. The van der Waals surface area contributed by atoms with E-state index in [1.54, 1.807) is 0 Å². The Balaban J connectivity index is 1.80. The van der Waals surface area contributed by atoms with E-state index >= 15 is 0 Å². The van der Waals surface area contributed by atoms with Crippen LogP contribution in [0.2, 0.25) is 0 Å². The third kappa shape index (κ3) is 2.95. The first-order chi connectivity index (χ1) is 7.77. The van der Waals surface area contributed by atoms with Gasteiger partial charge < -0.3 is 15.8 Å². The Labute approximate surface area is 96.9 Å². The van der Waals surface area contributed by atoms with Crippen molar-refractivity contribution < 1.29 is 9.53 Å². The fraction of sp³-hybridized carbons (Fsp3) is 0.917. The molecule has 0 aromatic heterocycles. The number of carbonyl (C=O) groups is 1. The first-order valence-electron chi connectivity index (χ1n) is 6.41. The zero-order valence-electron chi connectivity index (χ0n) is 9.78. The van der Waals surface area contributed by atoms with Crippen LogP contribution < -0.4 is 11.1 Å². The summed E-state index contributed by atoms with van der Waals surface area (Å²) < 4.78 is 5.33. The SMILES string of the molecule is N[C@@H]1CCCC[C@H]1NC(=O)C1CCCOC1. The fourth-order valence-corrected chi connectivity index (χ4v) is 2.59. The molecule has 1 amide bonds. The minimum absolute atomic E-state index is 0.0443. The molecule has 0 aromatic rings. The van der Waals surface area contributed by atoms with Gasteiger partial charge in [-0.15, -0.1) is 0 Å². The number of hydrogen-bond donors (Lipinski definition) is 2. The zero-order chi connectivity index (χ0) is 11.4. The monoisotopic (exact) mass is 226 g/mol. The van der Waals surface area contributed by atoms with Crippen LogP contribution in [-0.4, -0.2) is 31.2 Å². The van der Waals surface area contributed by atoms with Crippen molar-refractivity contribution in [1.29, 1.82) is 0 Å². The summed E-state index contributed by atoms with van der Waals surface area (Å²) in [6.07, 6.45) is 6.38. The van der Waals surface area contributed by atoms with E-state index in [1.165, 1.54) is 12.8 Å². The highest BCUT2D eigenvalue weighted by atomic mass is 16.5. The lowest BCUT2D eigenvalue weighted by Crippen LogP contribution is -2.51. The Bertz CT molecular complexity index is 239. The quantitative estimate of drug-likeness (QED) is 0.732. The van der Waals surface area contributed by atoms with E-state index in [2.05, 4.69) is 5.32 Å². The molecular weight excluding hydrogens is 204 g/mol. The minimum Gasteiger partial charge on any atom is -0.381 e. The number of ether oxygens (including phenoxy) is 1. The van der Waals surface area contributed by atoms with Gasteiger partial charge in [0.25, 0.3) is 0 Å². The van der Waals surface area contributed by atoms with Crippen LogP contribution in [0.4, 0.5) is 0 Å². The number of carbonyl (C=O) groups excluding carboxylic acids is 1. The second-order valence-electron chi connectivity index (χ2n) is 4.98. The molecule has 1 aliphatic carbocycles. The lowest BCUT2D eigenvalue weighted by atomic mass is 9.90. The maximum absolute atomic E-state index is 12.0. The molecule has 0 radical (unpaired) electrons. The lowest BCUT2D eigenvalue weighted by Gasteiger charge is -2.31. The highest BCUT2D eigenvalue weighted by Gasteiger charge is 2.27. The molecule has 0 bridgehead atoms. The van der Waals surface area contributed by atoms with Gasteiger partial charge in [0.2, 0.25) is 5.91 Å². The van der Waals surface area contributed by atoms with Crippen LogP contribution in [0.25, 0.3) is 0 Å². The van der Waals surface area contributed by atoms with E-state index < -0.39 is 0 Å². The van der Waals surface area contributed by atoms with Crippen molar-refractivity contribution in [1.82, 2.24) is 5.32 Å². The summed E-state index contributed by atoms with van der Waals surface area (Å²) >= 11 is 0. The van der Waals surface area contributed by atoms with Crippen molar-refractivity contribution in [3.8, 4) is 0 Å². The summed E-state index contributed by atoms with van der Waals surface area (Å²) in [6.45, 7) is 1.38. The molecule has 4 nitrogen and oxygen atoms in total. The molecule has 4 heteroatoms. The molecule has 3 N–H and O–H groups in total. The van der Waals surface area contributed by atoms with Crippen LogP contribution in [0, 0.1) is 5.92 Å². The Kier molecular flexibility index (Phi) is 4.18. The Morgan fingerprint density at radius 2 is 2.00 bits per heavy atom. The van der Waals surface area contributed by atoms with Gasteiger partial charge in [-0.2, -0.15) is 0 Å². The van der Waals surface area contributed by atoms with Crippen LogP contribution in [-0.2, 0) is 9.53 Å². The van der Waals surface area contributed by atoms with E-state index in [1.807, 2.05) is 0 Å². The second-order valence-corrected chi connectivity index (χ2v) is 4.98. The first kappa shape index (κ1) is 11.9. The summed E-state index contributed by atoms with van der Waals surface area (Å²) in [5.41, 5.74) is 6.01. The fourth-order valence-electron chi connectivity index (χ4n) is 2.59. The molecule has 16 heavy (non-hydrogen) atoms. The van der Waals surface area contributed by atoms with Gasteiger partial charge in [-0.1, -0.05) is 12.8 Å². The Hall–Kier alpha value is -0.610. The summed E-state index contributed by atoms with van der Waals surface area (Å²) in [7, 11) is 0. The number of rotatable bonds is 2. The van der Waals surface area contributed by atoms with Gasteiger partial charge in [0.05, 0.1) is 12.5 Å². The minimum atomic E-state index is 0.0443. The van der Waals surface area contributed by atoms with Crippen LogP contribution in [0.1, 0.15) is 38.5 Å². The molecule has 1 saturated heterocycles. The predicted octanol–water partition coefficient (Wildman–Crippen LogP) is 0.799. The number of amides is 1. The molecule has 2 rings (SSSR count). The number of nitrogens with one attached hydrogen (secondary N) is 1. The van der Waals surface area contributed by atoms with Crippen molar-refractivity contribution in [3.63, 3.8) is 0 Å². The van der Waals surface area contributed by atoms with E-state index in [-0.39, 0.29) is 23.9 Å². The molecule has 1 aliphatic heterocycles. The van der Waals surface area contributed by atoms with Gasteiger partial charge in [0.15, 0.2) is 0 Å². The lowest BCUT2D eigenvalue weighted by molar-refractivity contribution is -0.130. The number of nitrogens with two attached hydrogens (primary N) is 1. The van der Waals surface area contributed by atoms with Gasteiger partial charge in [-0.3, -0.25) is 4.79 Å². The molecule has 0 spiro atoms. The van der Waals surface area contributed by atoms with Crippen LogP contribution in [0.5, 0.6) is 0 Å². The number of hydrogen-bond acceptors (Lipinski definition) is 3. The van der Waals surface area contributed by atoms with Gasteiger partial charge in [-0.25, -0.2) is 0 Å². The summed E-state index contributed by atoms with van der Waals surface area (Å²) in [5.74, 6) is 0.185. The standard InChI is InChI=1S/C12H22N2O2/c13-10-5-1-2-6-11(10)14-12(15)9-4-3-7-16-8-9/h9-11H,1-8,13H2,(H,14,15)/t9?,10-,11-/m1/s1. The molecule has 1 heterocycles. The van der Waals surface area contributed by atoms with Gasteiger partial charge in [-0.05, 0) is 25.7 Å². The molecule has 1 unspecified atom stereocenters. The van der Waals surface area contributed by atoms with Gasteiger partial charge in [0, 0.05) is 18.7 Å². The topological polar surface area (TPSA) is 64.3 Å². The van der Waals surface area contributed by atoms with E-state index in [0.29, 0.717) is 6.61 Å². The third-order valence-corrected chi connectivity index (χ3v) is 3.68. The van der Waals surface area contributed by atoms with Crippen molar-refractivity contribution in [3.05, 3.63) is 0 Å². The molecular formula is C12H22N2O2. The summed E-state index contributed by atoms with van der Waals surface area (Å²) in [4.78, 5) is 12.0. The smallest absolute Gasteiger partial charge is 0.225 e. The van der Waals surface area contributed by atoms with E-state index in [4.69, 9.17) is 10.5 Å². The largest absolute Gasteiger partial charge is 0.381 e. The van der Waals surface area contributed by atoms with Crippen LogP contribution in [0.3, 0.4) is 0 Å². The highest BCUT2D eigenvalue weighted by molar-refractivity contribution is 5.79. The molecule has 2 fully saturated rings. The van der Waals surface area contributed by atoms with Crippen molar-refractivity contribution in [2.24, 2.45) is 11.7 Å². The normalized spacial score (nSPS) is 35.7. The van der Waals surface area contributed by atoms with E-state index in [0.717, 1.165) is 32.3 Å². The van der Waals surface area contributed by atoms with Crippen molar-refractivity contribution >= 4 is 5.91 Å². The van der Waals surface area contributed by atoms with Crippen LogP contribution in [0.15, 0.2) is 0 Å². The van der Waals surface area contributed by atoms with Gasteiger partial charge in [0.1, 0.15) is 0 Å². The molecule has 2 aliphatic rings. The average Bonchev–Trinajstić information content (AvgIpc) is 2.33. The Morgan fingerprint density at radius 3 is 2.69 bits per heavy atom. The summed E-state index contributed by atoms with van der Waals surface area (Å²) in [6, 6.07) is 0.324.